The monoisotopic (exact) mass is 827 g/mol. The molecule has 0 saturated heterocycles. The number of rotatable bonds is 20. The van der Waals surface area contributed by atoms with Crippen molar-refractivity contribution in [3.8, 4) is 11.1 Å². The maximum atomic E-state index is 13.5. The molecular formula is C45H57N5O10. The highest BCUT2D eigenvalue weighted by molar-refractivity contribution is 5.88. The number of benzene rings is 3. The molecule has 0 radical (unpaired) electrons. The van der Waals surface area contributed by atoms with Gasteiger partial charge in [-0.15, -0.1) is 0 Å². The second kappa shape index (κ2) is 23.1. The molecule has 3 aromatic carbocycles. The molecule has 1 heterocycles. The van der Waals surface area contributed by atoms with Gasteiger partial charge in [0, 0.05) is 63.8 Å². The molecule has 0 aliphatic heterocycles. The van der Waals surface area contributed by atoms with E-state index in [1.165, 1.54) is 5.01 Å². The zero-order valence-corrected chi connectivity index (χ0v) is 35.4. The van der Waals surface area contributed by atoms with Crippen LogP contribution in [-0.2, 0) is 56.0 Å². The van der Waals surface area contributed by atoms with Crippen molar-refractivity contribution in [3.63, 3.8) is 0 Å². The van der Waals surface area contributed by atoms with E-state index in [0.717, 1.165) is 38.9 Å². The maximum Gasteiger partial charge on any atom is 0.424 e. The highest BCUT2D eigenvalue weighted by atomic mass is 16.6. The molecule has 0 spiro atoms. The molecule has 1 atom stereocenters. The number of ether oxygens (including phenoxy) is 4. The molecule has 3 amide bonds. The lowest BCUT2D eigenvalue weighted by Crippen LogP contribution is -2.48. The first-order valence-electron chi connectivity index (χ1n) is 20.1. The van der Waals surface area contributed by atoms with E-state index in [1.54, 1.807) is 32.8 Å². The summed E-state index contributed by atoms with van der Waals surface area (Å²) in [5.74, 6) is -1.27. The van der Waals surface area contributed by atoms with Gasteiger partial charge in [0.1, 0.15) is 18.2 Å². The summed E-state index contributed by atoms with van der Waals surface area (Å²) in [6, 6.07) is 25.4. The van der Waals surface area contributed by atoms with Gasteiger partial charge in [0.05, 0.1) is 26.4 Å². The van der Waals surface area contributed by atoms with E-state index in [9.17, 15) is 19.2 Å². The van der Waals surface area contributed by atoms with Crippen molar-refractivity contribution < 1.29 is 47.7 Å². The third-order valence-corrected chi connectivity index (χ3v) is 9.79. The van der Waals surface area contributed by atoms with Crippen LogP contribution < -0.4 is 10.6 Å². The second-order valence-electron chi connectivity index (χ2n) is 15.2. The molecule has 0 fully saturated rings. The first-order valence-corrected chi connectivity index (χ1v) is 20.1. The fourth-order valence-corrected chi connectivity index (χ4v) is 6.97. The minimum atomic E-state index is -0.952. The van der Waals surface area contributed by atoms with Crippen LogP contribution in [0.5, 0.6) is 0 Å². The van der Waals surface area contributed by atoms with Gasteiger partial charge in [-0.3, -0.25) is 14.4 Å². The van der Waals surface area contributed by atoms with Crippen LogP contribution in [0.2, 0.25) is 0 Å². The van der Waals surface area contributed by atoms with Crippen LogP contribution in [0.15, 0.2) is 78.9 Å². The topological polar surface area (TPSA) is 175 Å². The molecule has 322 valence electrons. The number of hydrazine groups is 1. The molecular weight excluding hydrogens is 771 g/mol. The summed E-state index contributed by atoms with van der Waals surface area (Å²) < 4.78 is 24.2. The Bertz CT molecular complexity index is 2040. The molecule has 1 aromatic heterocycles. The molecule has 4 aromatic rings. The number of para-hydroxylation sites is 1. The van der Waals surface area contributed by atoms with Crippen molar-refractivity contribution in [2.75, 3.05) is 53.7 Å². The van der Waals surface area contributed by atoms with Crippen molar-refractivity contribution in [3.05, 3.63) is 95.7 Å². The first-order chi connectivity index (χ1) is 28.8. The molecule has 0 bridgehead atoms. The minimum absolute atomic E-state index is 0.0452. The number of amides is 3. The Hall–Kier alpha value is -5.86. The Morgan fingerprint density at radius 1 is 0.850 bits per heavy atom. The van der Waals surface area contributed by atoms with E-state index in [4.69, 9.17) is 28.5 Å². The summed E-state index contributed by atoms with van der Waals surface area (Å²) in [5.41, 5.74) is 5.75. The van der Waals surface area contributed by atoms with E-state index in [1.807, 2.05) is 73.1 Å². The van der Waals surface area contributed by atoms with Crippen molar-refractivity contribution in [1.29, 1.82) is 0 Å². The smallest absolute Gasteiger partial charge is 0.424 e. The summed E-state index contributed by atoms with van der Waals surface area (Å²) in [6.45, 7) is 10.1. The predicted octanol–water partition coefficient (Wildman–Crippen LogP) is 5.45. The van der Waals surface area contributed by atoms with E-state index in [-0.39, 0.29) is 57.0 Å². The summed E-state index contributed by atoms with van der Waals surface area (Å²) in [5, 5.41) is 9.87. The average Bonchev–Trinajstić information content (AvgIpc) is 3.73. The number of fused-ring (bicyclic) bond motifs is 4. The van der Waals surface area contributed by atoms with Crippen LogP contribution in [0.4, 0.5) is 4.79 Å². The van der Waals surface area contributed by atoms with Gasteiger partial charge in [0.15, 0.2) is 0 Å². The zero-order valence-electron chi connectivity index (χ0n) is 35.4. The number of hydrogen-bond donors (Lipinski definition) is 2. The standard InChI is InChI=1S/C44H57N5O8.CO2/c1-7-54-26-27-55-25-23-45-42(52)38(20-21-41(51)57-44(2,3)4)46-40(50)22-24-49-32(28-31-14-8-13-19-39(31)49)29-47(5)48(6)43(53)56-30-37-35-17-11-9-15-33(35)34-16-10-12-18-36(34)37;2-1-3/h8-19,28,37-38H,7,20-27,29-30H2,1-6H3,(H,45,52)(H,46,50);/t38-;/m0./s1. The third-order valence-electron chi connectivity index (χ3n) is 9.79. The summed E-state index contributed by atoms with van der Waals surface area (Å²) >= 11 is 0. The van der Waals surface area contributed by atoms with Gasteiger partial charge < -0.3 is 34.1 Å². The van der Waals surface area contributed by atoms with Crippen LogP contribution in [0.1, 0.15) is 69.7 Å². The first kappa shape index (κ1) is 46.8. The fourth-order valence-electron chi connectivity index (χ4n) is 6.97. The summed E-state index contributed by atoms with van der Waals surface area (Å²) in [6.07, 6.45) is -0.137. The maximum absolute atomic E-state index is 13.5. The van der Waals surface area contributed by atoms with Gasteiger partial charge in [-0.1, -0.05) is 66.7 Å². The van der Waals surface area contributed by atoms with E-state index in [0.29, 0.717) is 32.9 Å². The molecule has 15 heteroatoms. The van der Waals surface area contributed by atoms with E-state index in [2.05, 4.69) is 34.9 Å². The van der Waals surface area contributed by atoms with Gasteiger partial charge >= 0.3 is 18.2 Å². The number of aromatic nitrogens is 1. The van der Waals surface area contributed by atoms with E-state index >= 15 is 0 Å². The number of aryl methyl sites for hydroxylation is 1. The zero-order chi connectivity index (χ0) is 43.7. The molecule has 0 saturated carbocycles. The second-order valence-corrected chi connectivity index (χ2v) is 15.2. The van der Waals surface area contributed by atoms with Gasteiger partial charge in [-0.05, 0) is 73.9 Å². The van der Waals surface area contributed by atoms with E-state index < -0.39 is 29.6 Å². The number of carbonyl (C=O) groups excluding carboxylic acids is 6. The van der Waals surface area contributed by atoms with Crippen LogP contribution in [0.3, 0.4) is 0 Å². The molecule has 15 nitrogen and oxygen atoms in total. The Morgan fingerprint density at radius 2 is 1.47 bits per heavy atom. The van der Waals surface area contributed by atoms with Gasteiger partial charge in [-0.25, -0.2) is 14.8 Å². The molecule has 5 rings (SSSR count). The molecule has 0 unspecified atom stereocenters. The highest BCUT2D eigenvalue weighted by Gasteiger charge is 2.30. The Labute approximate surface area is 351 Å². The Morgan fingerprint density at radius 3 is 2.12 bits per heavy atom. The van der Waals surface area contributed by atoms with Crippen LogP contribution in [-0.4, -0.2) is 110 Å². The van der Waals surface area contributed by atoms with Crippen molar-refractivity contribution in [1.82, 2.24) is 25.2 Å². The number of nitrogens with zero attached hydrogens (tertiary/aromatic N) is 3. The quantitative estimate of drug-likeness (QED) is 0.0659. The van der Waals surface area contributed by atoms with Crippen molar-refractivity contribution in [2.45, 2.75) is 77.6 Å². The molecule has 1 aliphatic carbocycles. The Kier molecular flexibility index (Phi) is 18.0. The van der Waals surface area contributed by atoms with Crippen molar-refractivity contribution >= 4 is 40.9 Å². The largest absolute Gasteiger partial charge is 0.460 e. The summed E-state index contributed by atoms with van der Waals surface area (Å²) in [7, 11) is 3.49. The SMILES string of the molecule is CCOCCOCCNC(=O)[C@H](CCC(=O)OC(C)(C)C)NC(=O)CCn1c(CN(C)N(C)C(=O)OCC2c3ccccc3-c3ccccc32)cc2ccccc21.O=C=O. The van der Waals surface area contributed by atoms with Gasteiger partial charge in [0.25, 0.3) is 0 Å². The minimum Gasteiger partial charge on any atom is -0.460 e. The molecule has 1 aliphatic rings. The normalized spacial score (nSPS) is 12.4. The lowest BCUT2D eigenvalue weighted by Gasteiger charge is -2.28. The fraction of sp³-hybridized carbons (Fsp3) is 0.444. The number of carbonyl (C=O) groups is 4. The summed E-state index contributed by atoms with van der Waals surface area (Å²) in [4.78, 5) is 68.9. The average molecular weight is 828 g/mol. The lowest BCUT2D eigenvalue weighted by atomic mass is 9.98. The van der Waals surface area contributed by atoms with Gasteiger partial charge in [0.2, 0.25) is 11.8 Å². The Balaban J connectivity index is 0.00000257. The highest BCUT2D eigenvalue weighted by Crippen LogP contribution is 2.44. The number of nitrogens with one attached hydrogen (secondary N) is 2. The number of esters is 1. The van der Waals surface area contributed by atoms with Crippen LogP contribution in [0.25, 0.3) is 22.0 Å². The van der Waals surface area contributed by atoms with Gasteiger partial charge in [-0.2, -0.15) is 9.59 Å². The van der Waals surface area contributed by atoms with Crippen LogP contribution >= 0.6 is 0 Å². The molecule has 2 N–H and O–H groups in total. The van der Waals surface area contributed by atoms with Crippen molar-refractivity contribution in [2.24, 2.45) is 0 Å². The number of hydrogen-bond acceptors (Lipinski definition) is 11. The molecule has 60 heavy (non-hydrogen) atoms. The predicted molar refractivity (Wildman–Crippen MR) is 223 cm³/mol. The third kappa shape index (κ3) is 13.6. The van der Waals surface area contributed by atoms with Crippen LogP contribution in [0, 0.1) is 0 Å². The lowest BCUT2D eigenvalue weighted by molar-refractivity contribution is -0.191.